The molecule has 1 aliphatic rings. The number of anilines is 1. The third-order valence-corrected chi connectivity index (χ3v) is 3.56. The molecule has 1 N–H and O–H groups in total. The zero-order chi connectivity index (χ0) is 16.8. The van der Waals surface area contributed by atoms with Crippen molar-refractivity contribution < 1.29 is 9.72 Å². The first-order valence-electron chi connectivity index (χ1n) is 7.10. The number of para-hydroxylation sites is 2. The largest absolute Gasteiger partial charge is 0.374 e. The molecule has 1 aromatic rings. The lowest BCUT2D eigenvalue weighted by atomic mass is 10.2. The van der Waals surface area contributed by atoms with Crippen molar-refractivity contribution >= 4 is 17.3 Å². The second-order valence-corrected chi connectivity index (χ2v) is 5.22. The Balaban J connectivity index is 2.12. The molecular formula is C15H17N5O3. The molecule has 1 aliphatic heterocycles. The lowest BCUT2D eigenvalue weighted by molar-refractivity contribution is -0.383. The first kappa shape index (κ1) is 16.5. The van der Waals surface area contributed by atoms with Gasteiger partial charge in [-0.1, -0.05) is 12.1 Å². The van der Waals surface area contributed by atoms with Gasteiger partial charge < -0.3 is 15.1 Å². The highest BCUT2D eigenvalue weighted by Gasteiger charge is 2.19. The van der Waals surface area contributed by atoms with Gasteiger partial charge in [-0.15, -0.1) is 0 Å². The summed E-state index contributed by atoms with van der Waals surface area (Å²) in [6, 6.07) is 7.68. The molecular weight excluding hydrogens is 298 g/mol. The highest BCUT2D eigenvalue weighted by Crippen LogP contribution is 2.23. The van der Waals surface area contributed by atoms with Crippen LogP contribution in [0.4, 0.5) is 11.4 Å². The first-order valence-corrected chi connectivity index (χ1v) is 7.10. The molecule has 0 radical (unpaired) electrons. The maximum Gasteiger partial charge on any atom is 0.292 e. The molecule has 2 rings (SSSR count). The standard InChI is InChI=1S/C15H17N5O3/c1-18-6-8-19(9-7-18)11-12(10-16)15(21)17-13-4-2-3-5-14(13)20(22)23/h2-5,11H,6-9H2,1H3,(H,17,21)/b12-11-. The molecule has 0 spiro atoms. The van der Waals surface area contributed by atoms with E-state index in [1.807, 2.05) is 18.0 Å². The van der Waals surface area contributed by atoms with Crippen molar-refractivity contribution in [2.24, 2.45) is 0 Å². The van der Waals surface area contributed by atoms with Gasteiger partial charge in [0.1, 0.15) is 17.3 Å². The van der Waals surface area contributed by atoms with Crippen molar-refractivity contribution in [2.75, 3.05) is 38.5 Å². The molecule has 1 saturated heterocycles. The Labute approximate surface area is 133 Å². The SMILES string of the molecule is CN1CCN(/C=C(/C#N)C(=O)Nc2ccccc2[N+](=O)[O-])CC1. The number of nitro groups is 1. The highest BCUT2D eigenvalue weighted by atomic mass is 16.6. The maximum absolute atomic E-state index is 12.2. The third-order valence-electron chi connectivity index (χ3n) is 3.56. The van der Waals surface area contributed by atoms with Crippen LogP contribution in [0, 0.1) is 21.4 Å². The van der Waals surface area contributed by atoms with Gasteiger partial charge in [-0.2, -0.15) is 5.26 Å². The van der Waals surface area contributed by atoms with Crippen LogP contribution in [-0.2, 0) is 4.79 Å². The predicted molar refractivity (Wildman–Crippen MR) is 84.5 cm³/mol. The number of benzene rings is 1. The number of hydrogen-bond donors (Lipinski definition) is 1. The van der Waals surface area contributed by atoms with Gasteiger partial charge in [0.2, 0.25) is 0 Å². The van der Waals surface area contributed by atoms with E-state index in [9.17, 15) is 20.2 Å². The van der Waals surface area contributed by atoms with Crippen LogP contribution in [0.3, 0.4) is 0 Å². The van der Waals surface area contributed by atoms with Gasteiger partial charge in [0, 0.05) is 38.4 Å². The van der Waals surface area contributed by atoms with Crippen LogP contribution in [0.15, 0.2) is 36.0 Å². The Kier molecular flexibility index (Phi) is 5.28. The van der Waals surface area contributed by atoms with Gasteiger partial charge in [0.25, 0.3) is 11.6 Å². The van der Waals surface area contributed by atoms with E-state index in [1.165, 1.54) is 24.4 Å². The van der Waals surface area contributed by atoms with E-state index in [2.05, 4.69) is 10.2 Å². The topological polar surface area (TPSA) is 103 Å². The van der Waals surface area contributed by atoms with Gasteiger partial charge in [-0.05, 0) is 13.1 Å². The number of nitro benzene ring substituents is 1. The summed E-state index contributed by atoms with van der Waals surface area (Å²) in [7, 11) is 2.01. The van der Waals surface area contributed by atoms with E-state index in [0.29, 0.717) is 0 Å². The van der Waals surface area contributed by atoms with Gasteiger partial charge in [0.15, 0.2) is 0 Å². The Morgan fingerprint density at radius 3 is 2.61 bits per heavy atom. The Bertz CT molecular complexity index is 672. The molecule has 1 heterocycles. The Hall–Kier alpha value is -2.92. The van der Waals surface area contributed by atoms with Crippen molar-refractivity contribution in [3.63, 3.8) is 0 Å². The number of nitrogens with one attached hydrogen (secondary N) is 1. The number of amides is 1. The summed E-state index contributed by atoms with van der Waals surface area (Å²) >= 11 is 0. The van der Waals surface area contributed by atoms with Crippen molar-refractivity contribution in [1.29, 1.82) is 5.26 Å². The number of piperazine rings is 1. The van der Waals surface area contributed by atoms with E-state index in [4.69, 9.17) is 0 Å². The minimum absolute atomic E-state index is 0.0713. The number of hydrogen-bond acceptors (Lipinski definition) is 6. The first-order chi connectivity index (χ1) is 11.0. The zero-order valence-electron chi connectivity index (χ0n) is 12.7. The zero-order valence-corrected chi connectivity index (χ0v) is 12.7. The second-order valence-electron chi connectivity index (χ2n) is 5.22. The molecule has 0 atom stereocenters. The molecule has 1 fully saturated rings. The summed E-state index contributed by atoms with van der Waals surface area (Å²) < 4.78 is 0. The van der Waals surface area contributed by atoms with Crippen LogP contribution in [0.25, 0.3) is 0 Å². The molecule has 23 heavy (non-hydrogen) atoms. The number of nitriles is 1. The quantitative estimate of drug-likeness (QED) is 0.387. The van der Waals surface area contributed by atoms with Crippen LogP contribution >= 0.6 is 0 Å². The van der Waals surface area contributed by atoms with E-state index in [0.717, 1.165) is 26.2 Å². The molecule has 0 unspecified atom stereocenters. The normalized spacial score (nSPS) is 15.8. The minimum atomic E-state index is -0.652. The fourth-order valence-corrected chi connectivity index (χ4v) is 2.20. The van der Waals surface area contributed by atoms with Crippen molar-refractivity contribution in [3.8, 4) is 6.07 Å². The van der Waals surface area contributed by atoms with E-state index in [-0.39, 0.29) is 16.9 Å². The number of nitrogens with zero attached hydrogens (tertiary/aromatic N) is 4. The maximum atomic E-state index is 12.2. The van der Waals surface area contributed by atoms with Crippen LogP contribution in [0.1, 0.15) is 0 Å². The predicted octanol–water partition coefficient (Wildman–Crippen LogP) is 1.19. The molecule has 0 aliphatic carbocycles. The molecule has 0 aromatic heterocycles. The summed E-state index contributed by atoms with van der Waals surface area (Å²) in [6.45, 7) is 3.14. The minimum Gasteiger partial charge on any atom is -0.374 e. The Morgan fingerprint density at radius 2 is 2.00 bits per heavy atom. The molecule has 1 aromatic carbocycles. The molecule has 8 nitrogen and oxygen atoms in total. The van der Waals surface area contributed by atoms with Crippen LogP contribution in [-0.4, -0.2) is 53.9 Å². The number of likely N-dealkylation sites (N-methyl/N-ethyl adjacent to an activating group) is 1. The van der Waals surface area contributed by atoms with Gasteiger partial charge in [-0.25, -0.2) is 0 Å². The van der Waals surface area contributed by atoms with Crippen LogP contribution < -0.4 is 5.32 Å². The highest BCUT2D eigenvalue weighted by molar-refractivity contribution is 6.07. The van der Waals surface area contributed by atoms with E-state index < -0.39 is 10.8 Å². The molecule has 0 bridgehead atoms. The molecule has 120 valence electrons. The van der Waals surface area contributed by atoms with Gasteiger partial charge in [-0.3, -0.25) is 14.9 Å². The molecule has 8 heteroatoms. The monoisotopic (exact) mass is 315 g/mol. The smallest absolute Gasteiger partial charge is 0.292 e. The van der Waals surface area contributed by atoms with Gasteiger partial charge in [0.05, 0.1) is 4.92 Å². The summed E-state index contributed by atoms with van der Waals surface area (Å²) in [4.78, 5) is 26.6. The summed E-state index contributed by atoms with van der Waals surface area (Å²) in [6.07, 6.45) is 1.51. The van der Waals surface area contributed by atoms with Gasteiger partial charge >= 0.3 is 0 Å². The lowest BCUT2D eigenvalue weighted by Crippen LogP contribution is -2.42. The van der Waals surface area contributed by atoms with E-state index >= 15 is 0 Å². The molecule has 0 saturated carbocycles. The lowest BCUT2D eigenvalue weighted by Gasteiger charge is -2.31. The summed E-state index contributed by atoms with van der Waals surface area (Å²) in [5.41, 5.74) is -0.215. The molecule has 1 amide bonds. The van der Waals surface area contributed by atoms with E-state index in [1.54, 1.807) is 6.07 Å². The number of carbonyl (C=O) groups is 1. The second kappa shape index (κ2) is 7.38. The summed E-state index contributed by atoms with van der Waals surface area (Å²) in [5, 5.41) is 22.6. The summed E-state index contributed by atoms with van der Waals surface area (Å²) in [5.74, 6) is -0.652. The van der Waals surface area contributed by atoms with Crippen LogP contribution in [0.5, 0.6) is 0 Å². The van der Waals surface area contributed by atoms with Crippen molar-refractivity contribution in [1.82, 2.24) is 9.80 Å². The van der Waals surface area contributed by atoms with Crippen LogP contribution in [0.2, 0.25) is 0 Å². The van der Waals surface area contributed by atoms with Crippen molar-refractivity contribution in [3.05, 3.63) is 46.2 Å². The average molecular weight is 315 g/mol. The fourth-order valence-electron chi connectivity index (χ4n) is 2.20. The van der Waals surface area contributed by atoms with Crippen molar-refractivity contribution in [2.45, 2.75) is 0 Å². The Morgan fingerprint density at radius 1 is 1.35 bits per heavy atom. The number of rotatable bonds is 4. The fraction of sp³-hybridized carbons (Fsp3) is 0.333. The third kappa shape index (κ3) is 4.28. The number of carbonyl (C=O) groups excluding carboxylic acids is 1. The average Bonchev–Trinajstić information content (AvgIpc) is 2.54.